The van der Waals surface area contributed by atoms with Crippen molar-refractivity contribution in [3.8, 4) is 0 Å². The maximum absolute atomic E-state index is 12.4. The normalized spacial score (nSPS) is 10.3. The highest BCUT2D eigenvalue weighted by molar-refractivity contribution is 5.96. The summed E-state index contributed by atoms with van der Waals surface area (Å²) >= 11 is 0. The minimum Gasteiger partial charge on any atom is -0.465 e. The van der Waals surface area contributed by atoms with Gasteiger partial charge in [-0.2, -0.15) is 5.10 Å². The molecule has 0 saturated heterocycles. The maximum Gasteiger partial charge on any atom is 0.337 e. The van der Waals surface area contributed by atoms with Gasteiger partial charge in [-0.1, -0.05) is 0 Å². The van der Waals surface area contributed by atoms with Crippen LogP contribution >= 0.6 is 0 Å². The van der Waals surface area contributed by atoms with E-state index < -0.39 is 5.97 Å². The van der Waals surface area contributed by atoms with Gasteiger partial charge in [0.05, 0.1) is 24.9 Å². The molecule has 1 amide bonds. The third kappa shape index (κ3) is 3.33. The van der Waals surface area contributed by atoms with E-state index in [9.17, 15) is 9.59 Å². The predicted molar refractivity (Wildman–Crippen MR) is 81.5 cm³/mol. The van der Waals surface area contributed by atoms with Gasteiger partial charge in [-0.05, 0) is 37.3 Å². The lowest BCUT2D eigenvalue weighted by molar-refractivity contribution is 0.0600. The summed E-state index contributed by atoms with van der Waals surface area (Å²) in [5, 5.41) is 4.19. The Balaban J connectivity index is 2.08. The molecule has 0 radical (unpaired) electrons. The van der Waals surface area contributed by atoms with E-state index in [1.807, 2.05) is 17.7 Å². The van der Waals surface area contributed by atoms with E-state index in [0.29, 0.717) is 17.7 Å². The van der Waals surface area contributed by atoms with E-state index in [2.05, 4.69) is 9.84 Å². The number of carbonyl (C=O) groups excluding carboxylic acids is 2. The molecule has 0 aliphatic carbocycles. The van der Waals surface area contributed by atoms with E-state index in [1.165, 1.54) is 7.11 Å². The molecule has 1 aromatic carbocycles. The lowest BCUT2D eigenvalue weighted by atomic mass is 10.1. The summed E-state index contributed by atoms with van der Waals surface area (Å²) < 4.78 is 6.49. The topological polar surface area (TPSA) is 64.4 Å². The van der Waals surface area contributed by atoms with Gasteiger partial charge in [0, 0.05) is 25.4 Å². The van der Waals surface area contributed by atoms with E-state index >= 15 is 0 Å². The van der Waals surface area contributed by atoms with Crippen molar-refractivity contribution in [3.05, 3.63) is 53.3 Å². The van der Waals surface area contributed by atoms with Crippen molar-refractivity contribution >= 4 is 11.9 Å². The molecule has 0 bridgehead atoms. The number of methoxy groups -OCH3 is 1. The number of amides is 1. The van der Waals surface area contributed by atoms with Crippen molar-refractivity contribution in [2.45, 2.75) is 20.0 Å². The molecule has 22 heavy (non-hydrogen) atoms. The quantitative estimate of drug-likeness (QED) is 0.792. The van der Waals surface area contributed by atoms with Crippen molar-refractivity contribution in [2.75, 3.05) is 14.2 Å². The second-order valence-electron chi connectivity index (χ2n) is 4.87. The number of aryl methyl sites for hydroxylation is 1. The summed E-state index contributed by atoms with van der Waals surface area (Å²) in [6.07, 6.45) is 1.72. The van der Waals surface area contributed by atoms with Crippen LogP contribution < -0.4 is 0 Å². The minimum absolute atomic E-state index is 0.111. The van der Waals surface area contributed by atoms with Crippen molar-refractivity contribution in [2.24, 2.45) is 0 Å². The predicted octanol–water partition coefficient (Wildman–Crippen LogP) is 1.96. The Kier molecular flexibility index (Phi) is 4.93. The molecule has 0 N–H and O–H groups in total. The highest BCUT2D eigenvalue weighted by Crippen LogP contribution is 2.10. The Morgan fingerprint density at radius 1 is 1.18 bits per heavy atom. The van der Waals surface area contributed by atoms with Gasteiger partial charge in [-0.3, -0.25) is 9.48 Å². The summed E-state index contributed by atoms with van der Waals surface area (Å²) in [6.45, 7) is 3.24. The second kappa shape index (κ2) is 6.89. The Bertz CT molecular complexity index is 662. The number of benzene rings is 1. The van der Waals surface area contributed by atoms with Crippen molar-refractivity contribution in [1.29, 1.82) is 0 Å². The molecular weight excluding hydrogens is 282 g/mol. The molecular formula is C16H19N3O3. The summed E-state index contributed by atoms with van der Waals surface area (Å²) in [5.74, 6) is -0.528. The number of rotatable bonds is 5. The van der Waals surface area contributed by atoms with Crippen molar-refractivity contribution < 1.29 is 14.3 Å². The fourth-order valence-corrected chi connectivity index (χ4v) is 2.18. The van der Waals surface area contributed by atoms with Crippen LogP contribution in [0.2, 0.25) is 0 Å². The zero-order valence-electron chi connectivity index (χ0n) is 12.9. The van der Waals surface area contributed by atoms with Crippen LogP contribution in [0.5, 0.6) is 0 Å². The third-order valence-corrected chi connectivity index (χ3v) is 3.40. The monoisotopic (exact) mass is 301 g/mol. The summed E-state index contributed by atoms with van der Waals surface area (Å²) in [5.41, 5.74) is 1.92. The maximum atomic E-state index is 12.4. The summed E-state index contributed by atoms with van der Waals surface area (Å²) in [7, 11) is 3.07. The lowest BCUT2D eigenvalue weighted by Crippen LogP contribution is -2.27. The SMILES string of the molecule is CCn1nccc1CN(C)C(=O)c1ccc(C(=O)OC)cc1. The van der Waals surface area contributed by atoms with E-state index in [1.54, 1.807) is 42.4 Å². The first-order chi connectivity index (χ1) is 10.6. The molecule has 2 rings (SSSR count). The number of hydrogen-bond acceptors (Lipinski definition) is 4. The Hall–Kier alpha value is -2.63. The second-order valence-corrected chi connectivity index (χ2v) is 4.87. The number of esters is 1. The van der Waals surface area contributed by atoms with Gasteiger partial charge in [-0.15, -0.1) is 0 Å². The first kappa shape index (κ1) is 15.8. The Morgan fingerprint density at radius 2 is 1.82 bits per heavy atom. The lowest BCUT2D eigenvalue weighted by Gasteiger charge is -2.18. The number of carbonyl (C=O) groups is 2. The van der Waals surface area contributed by atoms with Gasteiger partial charge >= 0.3 is 5.97 Å². The minimum atomic E-state index is -0.417. The molecule has 0 spiro atoms. The van der Waals surface area contributed by atoms with Crippen LogP contribution in [0.25, 0.3) is 0 Å². The van der Waals surface area contributed by atoms with Crippen molar-refractivity contribution in [3.63, 3.8) is 0 Å². The molecule has 0 saturated carbocycles. The third-order valence-electron chi connectivity index (χ3n) is 3.40. The van der Waals surface area contributed by atoms with Gasteiger partial charge < -0.3 is 9.64 Å². The first-order valence-electron chi connectivity index (χ1n) is 7.01. The molecule has 0 fully saturated rings. The number of nitrogens with zero attached hydrogens (tertiary/aromatic N) is 3. The molecule has 1 heterocycles. The highest BCUT2D eigenvalue weighted by Gasteiger charge is 2.14. The van der Waals surface area contributed by atoms with Gasteiger partial charge in [0.2, 0.25) is 0 Å². The van der Waals surface area contributed by atoms with E-state index in [0.717, 1.165) is 12.2 Å². The van der Waals surface area contributed by atoms with Crippen molar-refractivity contribution in [1.82, 2.24) is 14.7 Å². The molecule has 0 aliphatic heterocycles. The molecule has 1 aromatic heterocycles. The van der Waals surface area contributed by atoms with Gasteiger partial charge in [0.25, 0.3) is 5.91 Å². The molecule has 116 valence electrons. The largest absolute Gasteiger partial charge is 0.465 e. The van der Waals surface area contributed by atoms with Crippen LogP contribution in [-0.2, 0) is 17.8 Å². The molecule has 0 unspecified atom stereocenters. The molecule has 0 atom stereocenters. The van der Waals surface area contributed by atoms with E-state index in [4.69, 9.17) is 0 Å². The average Bonchev–Trinajstić information content (AvgIpc) is 3.00. The van der Waals surface area contributed by atoms with Crippen LogP contribution in [-0.4, -0.2) is 40.7 Å². The Labute approximate surface area is 129 Å². The van der Waals surface area contributed by atoms with Crippen LogP contribution in [0.3, 0.4) is 0 Å². The highest BCUT2D eigenvalue weighted by atomic mass is 16.5. The van der Waals surface area contributed by atoms with Gasteiger partial charge in [0.15, 0.2) is 0 Å². The van der Waals surface area contributed by atoms with Crippen LogP contribution in [0.15, 0.2) is 36.5 Å². The number of hydrogen-bond donors (Lipinski definition) is 0. The smallest absolute Gasteiger partial charge is 0.337 e. The van der Waals surface area contributed by atoms with E-state index in [-0.39, 0.29) is 5.91 Å². The first-order valence-corrected chi connectivity index (χ1v) is 7.01. The van der Waals surface area contributed by atoms with Gasteiger partial charge in [0.1, 0.15) is 0 Å². The molecule has 2 aromatic rings. The molecule has 0 aliphatic rings. The van der Waals surface area contributed by atoms with Gasteiger partial charge in [-0.25, -0.2) is 4.79 Å². The average molecular weight is 301 g/mol. The molecule has 6 nitrogen and oxygen atoms in total. The number of ether oxygens (including phenoxy) is 1. The fraction of sp³-hybridized carbons (Fsp3) is 0.312. The molecule has 6 heteroatoms. The summed E-state index contributed by atoms with van der Waals surface area (Å²) in [4.78, 5) is 25.4. The zero-order valence-corrected chi connectivity index (χ0v) is 12.9. The Morgan fingerprint density at radius 3 is 2.41 bits per heavy atom. The fourth-order valence-electron chi connectivity index (χ4n) is 2.18. The standard InChI is InChI=1S/C16H19N3O3/c1-4-19-14(9-10-17-19)11-18(2)15(20)12-5-7-13(8-6-12)16(21)22-3/h5-10H,4,11H2,1-3H3. The van der Waals surface area contributed by atoms with Crippen LogP contribution in [0.4, 0.5) is 0 Å². The van der Waals surface area contributed by atoms with Crippen LogP contribution in [0.1, 0.15) is 33.3 Å². The summed E-state index contributed by atoms with van der Waals surface area (Å²) in [6, 6.07) is 8.32. The van der Waals surface area contributed by atoms with Crippen LogP contribution in [0, 0.1) is 0 Å². The number of aromatic nitrogens is 2. The zero-order chi connectivity index (χ0) is 16.1.